The third-order valence-electron chi connectivity index (χ3n) is 5.62. The lowest BCUT2D eigenvalue weighted by molar-refractivity contribution is -0.526. The zero-order valence-electron chi connectivity index (χ0n) is 14.4. The van der Waals surface area contributed by atoms with E-state index in [9.17, 15) is 14.9 Å². The van der Waals surface area contributed by atoms with Gasteiger partial charge in [0, 0.05) is 17.8 Å². The molecule has 0 amide bonds. The summed E-state index contributed by atoms with van der Waals surface area (Å²) in [5.41, 5.74) is 0. The maximum Gasteiger partial charge on any atom is 0.309 e. The van der Waals surface area contributed by atoms with Gasteiger partial charge in [-0.2, -0.15) is 0 Å². The molecule has 0 N–H and O–H groups in total. The van der Waals surface area contributed by atoms with Gasteiger partial charge in [0.1, 0.15) is 6.10 Å². The molecule has 5 nitrogen and oxygen atoms in total. The minimum absolute atomic E-state index is 0.0816. The van der Waals surface area contributed by atoms with Crippen molar-refractivity contribution in [3.8, 4) is 0 Å². The maximum atomic E-state index is 12.2. The first-order chi connectivity index (χ1) is 11.1. The fourth-order valence-corrected chi connectivity index (χ4v) is 4.00. The van der Waals surface area contributed by atoms with E-state index in [0.717, 1.165) is 18.8 Å². The molecule has 2 aliphatic carbocycles. The van der Waals surface area contributed by atoms with Crippen LogP contribution in [0.2, 0.25) is 0 Å². The molecule has 0 aliphatic heterocycles. The van der Waals surface area contributed by atoms with Crippen LogP contribution in [0.1, 0.15) is 84.0 Å². The SMILES string of the molecule is CCCCCC1CCC(OC(=O)C2CCC([N+](=O)[O-])CC2)CC1. The molecule has 0 spiro atoms. The van der Waals surface area contributed by atoms with Crippen molar-refractivity contribution in [2.75, 3.05) is 0 Å². The summed E-state index contributed by atoms with van der Waals surface area (Å²) >= 11 is 0. The number of rotatable bonds is 7. The van der Waals surface area contributed by atoms with Gasteiger partial charge >= 0.3 is 5.97 Å². The molecular formula is C18H31NO4. The standard InChI is InChI=1S/C18H31NO4/c1-2-3-4-5-14-6-12-17(13-7-14)23-18(20)15-8-10-16(11-9-15)19(21)22/h14-17H,2-13H2,1H3. The first-order valence-electron chi connectivity index (χ1n) is 9.44. The summed E-state index contributed by atoms with van der Waals surface area (Å²) in [7, 11) is 0. The maximum absolute atomic E-state index is 12.2. The number of carbonyl (C=O) groups is 1. The first kappa shape index (κ1) is 18.2. The zero-order valence-corrected chi connectivity index (χ0v) is 14.4. The molecule has 0 radical (unpaired) electrons. The van der Waals surface area contributed by atoms with Crippen LogP contribution in [-0.4, -0.2) is 23.0 Å². The van der Waals surface area contributed by atoms with Crippen molar-refractivity contribution in [2.45, 2.75) is 96.1 Å². The molecular weight excluding hydrogens is 294 g/mol. The lowest BCUT2D eigenvalue weighted by Gasteiger charge is -2.30. The number of hydrogen-bond donors (Lipinski definition) is 0. The van der Waals surface area contributed by atoms with E-state index in [-0.39, 0.29) is 22.9 Å². The number of carbonyl (C=O) groups excluding carboxylic acids is 1. The normalized spacial score (nSPS) is 31.5. The molecule has 0 aromatic heterocycles. The molecule has 2 rings (SSSR count). The van der Waals surface area contributed by atoms with E-state index in [4.69, 9.17) is 4.74 Å². The van der Waals surface area contributed by atoms with Crippen LogP contribution in [0.3, 0.4) is 0 Å². The Morgan fingerprint density at radius 3 is 2.26 bits per heavy atom. The van der Waals surface area contributed by atoms with Gasteiger partial charge in [-0.3, -0.25) is 14.9 Å². The van der Waals surface area contributed by atoms with Crippen molar-refractivity contribution in [3.05, 3.63) is 10.1 Å². The molecule has 0 unspecified atom stereocenters. The smallest absolute Gasteiger partial charge is 0.309 e. The van der Waals surface area contributed by atoms with Crippen LogP contribution >= 0.6 is 0 Å². The van der Waals surface area contributed by atoms with Gasteiger partial charge in [0.25, 0.3) is 0 Å². The van der Waals surface area contributed by atoms with E-state index in [1.54, 1.807) is 0 Å². The lowest BCUT2D eigenvalue weighted by atomic mass is 9.83. The largest absolute Gasteiger partial charge is 0.462 e. The minimum atomic E-state index is -0.461. The van der Waals surface area contributed by atoms with Crippen molar-refractivity contribution in [3.63, 3.8) is 0 Å². The minimum Gasteiger partial charge on any atom is -0.462 e. The van der Waals surface area contributed by atoms with E-state index >= 15 is 0 Å². The highest BCUT2D eigenvalue weighted by molar-refractivity contribution is 5.72. The highest BCUT2D eigenvalue weighted by atomic mass is 16.6. The van der Waals surface area contributed by atoms with Crippen LogP contribution in [-0.2, 0) is 9.53 Å². The average Bonchev–Trinajstić information content (AvgIpc) is 2.56. The number of nitro groups is 1. The van der Waals surface area contributed by atoms with Gasteiger partial charge in [0.05, 0.1) is 5.92 Å². The zero-order chi connectivity index (χ0) is 16.7. The Morgan fingerprint density at radius 2 is 1.70 bits per heavy atom. The first-order valence-corrected chi connectivity index (χ1v) is 9.44. The third kappa shape index (κ3) is 5.78. The van der Waals surface area contributed by atoms with Crippen LogP contribution in [0.4, 0.5) is 0 Å². The molecule has 0 saturated heterocycles. The highest BCUT2D eigenvalue weighted by Crippen LogP contribution is 2.32. The van der Waals surface area contributed by atoms with Gasteiger partial charge in [-0.25, -0.2) is 0 Å². The van der Waals surface area contributed by atoms with Crippen molar-refractivity contribution in [1.29, 1.82) is 0 Å². The Hall–Kier alpha value is -1.13. The van der Waals surface area contributed by atoms with E-state index in [0.29, 0.717) is 25.7 Å². The predicted molar refractivity (Wildman–Crippen MR) is 88.7 cm³/mol. The molecule has 23 heavy (non-hydrogen) atoms. The lowest BCUT2D eigenvalue weighted by Crippen LogP contribution is -2.33. The molecule has 0 atom stereocenters. The van der Waals surface area contributed by atoms with Gasteiger partial charge in [0.15, 0.2) is 0 Å². The molecule has 5 heteroatoms. The molecule has 0 aromatic carbocycles. The van der Waals surface area contributed by atoms with Crippen LogP contribution in [0.25, 0.3) is 0 Å². The second kappa shape index (κ2) is 9.24. The van der Waals surface area contributed by atoms with Gasteiger partial charge < -0.3 is 4.74 Å². The third-order valence-corrected chi connectivity index (χ3v) is 5.62. The molecule has 2 fully saturated rings. The van der Waals surface area contributed by atoms with Crippen LogP contribution < -0.4 is 0 Å². The summed E-state index contributed by atoms with van der Waals surface area (Å²) in [6.07, 6.45) is 11.9. The second-order valence-electron chi connectivity index (χ2n) is 7.37. The summed E-state index contributed by atoms with van der Waals surface area (Å²) in [6.45, 7) is 2.23. The van der Waals surface area contributed by atoms with E-state index in [1.807, 2.05) is 0 Å². The van der Waals surface area contributed by atoms with Gasteiger partial charge in [0.2, 0.25) is 6.04 Å². The predicted octanol–water partition coefficient (Wildman–Crippen LogP) is 4.50. The van der Waals surface area contributed by atoms with E-state index in [2.05, 4.69) is 6.92 Å². The van der Waals surface area contributed by atoms with Crippen LogP contribution in [0.15, 0.2) is 0 Å². The average molecular weight is 325 g/mol. The van der Waals surface area contributed by atoms with Gasteiger partial charge in [-0.05, 0) is 44.4 Å². The van der Waals surface area contributed by atoms with E-state index in [1.165, 1.54) is 38.5 Å². The van der Waals surface area contributed by atoms with Crippen LogP contribution in [0.5, 0.6) is 0 Å². The Labute approximate surface area is 139 Å². The molecule has 2 saturated carbocycles. The molecule has 0 heterocycles. The number of unbranched alkanes of at least 4 members (excludes halogenated alkanes) is 2. The molecule has 2 aliphatic rings. The second-order valence-corrected chi connectivity index (χ2v) is 7.37. The fourth-order valence-electron chi connectivity index (χ4n) is 4.00. The van der Waals surface area contributed by atoms with Gasteiger partial charge in [-0.1, -0.05) is 32.6 Å². The Bertz CT molecular complexity index is 382. The number of hydrogen-bond acceptors (Lipinski definition) is 4. The van der Waals surface area contributed by atoms with Crippen molar-refractivity contribution >= 4 is 5.97 Å². The molecule has 0 aromatic rings. The summed E-state index contributed by atoms with van der Waals surface area (Å²) in [4.78, 5) is 22.8. The number of nitrogens with zero attached hydrogens (tertiary/aromatic N) is 1. The fraction of sp³-hybridized carbons (Fsp3) is 0.944. The molecule has 0 bridgehead atoms. The molecule has 132 valence electrons. The summed E-state index contributed by atoms with van der Waals surface area (Å²) in [5.74, 6) is 0.585. The number of ether oxygens (including phenoxy) is 1. The van der Waals surface area contributed by atoms with Crippen molar-refractivity contribution < 1.29 is 14.5 Å². The Morgan fingerprint density at radius 1 is 1.04 bits per heavy atom. The summed E-state index contributed by atoms with van der Waals surface area (Å²) in [5, 5.41) is 10.8. The Balaban J connectivity index is 1.64. The van der Waals surface area contributed by atoms with E-state index < -0.39 is 6.04 Å². The topological polar surface area (TPSA) is 69.4 Å². The van der Waals surface area contributed by atoms with Crippen molar-refractivity contribution in [1.82, 2.24) is 0 Å². The summed E-state index contributed by atoms with van der Waals surface area (Å²) in [6, 6.07) is -0.461. The Kier molecular flexibility index (Phi) is 7.31. The van der Waals surface area contributed by atoms with Crippen LogP contribution in [0, 0.1) is 22.0 Å². The highest BCUT2D eigenvalue weighted by Gasteiger charge is 2.34. The summed E-state index contributed by atoms with van der Waals surface area (Å²) < 4.78 is 5.69. The monoisotopic (exact) mass is 325 g/mol. The van der Waals surface area contributed by atoms with Crippen molar-refractivity contribution in [2.24, 2.45) is 11.8 Å². The number of esters is 1. The quantitative estimate of drug-likeness (QED) is 0.299. The van der Waals surface area contributed by atoms with Gasteiger partial charge in [-0.15, -0.1) is 0 Å².